The summed E-state index contributed by atoms with van der Waals surface area (Å²) in [6, 6.07) is -0.941. The fourth-order valence-electron chi connectivity index (χ4n) is 2.76. The van der Waals surface area contributed by atoms with Crippen LogP contribution in [0, 0.1) is 11.3 Å². The van der Waals surface area contributed by atoms with Gasteiger partial charge in [0.25, 0.3) is 0 Å². The van der Waals surface area contributed by atoms with Crippen LogP contribution in [0.25, 0.3) is 0 Å². The van der Waals surface area contributed by atoms with Gasteiger partial charge in [0.1, 0.15) is 5.60 Å². The van der Waals surface area contributed by atoms with Crippen LogP contribution in [0.15, 0.2) is 0 Å². The minimum absolute atomic E-state index is 0.0442. The molecule has 23 heavy (non-hydrogen) atoms. The van der Waals surface area contributed by atoms with Gasteiger partial charge in [0.05, 0.1) is 12.1 Å². The second-order valence-electron chi connectivity index (χ2n) is 8.43. The molecule has 0 aromatic heterocycles. The van der Waals surface area contributed by atoms with Crippen molar-refractivity contribution in [2.75, 3.05) is 13.1 Å². The van der Waals surface area contributed by atoms with Crippen LogP contribution >= 0.6 is 0 Å². The SMILES string of the molecule is CC(C)[C@H](N)C(=O)N(C(=O)OC(C)(C)C)C1CCNCC1(C)C. The number of amides is 2. The summed E-state index contributed by atoms with van der Waals surface area (Å²) in [7, 11) is 0. The monoisotopic (exact) mass is 327 g/mol. The summed E-state index contributed by atoms with van der Waals surface area (Å²) in [4.78, 5) is 26.9. The number of ether oxygens (including phenoxy) is 1. The maximum absolute atomic E-state index is 12.9. The number of nitrogens with zero attached hydrogens (tertiary/aromatic N) is 1. The average molecular weight is 327 g/mol. The topological polar surface area (TPSA) is 84.7 Å². The molecule has 0 saturated carbocycles. The van der Waals surface area contributed by atoms with Gasteiger partial charge in [-0.3, -0.25) is 4.79 Å². The van der Waals surface area contributed by atoms with Gasteiger partial charge in [-0.05, 0) is 45.1 Å². The third-order valence-electron chi connectivity index (χ3n) is 4.22. The summed E-state index contributed by atoms with van der Waals surface area (Å²) in [5.41, 5.74) is 5.15. The fraction of sp³-hybridized carbons (Fsp3) is 0.882. The van der Waals surface area contributed by atoms with E-state index < -0.39 is 17.7 Å². The lowest BCUT2D eigenvalue weighted by atomic mass is 9.78. The van der Waals surface area contributed by atoms with Crippen molar-refractivity contribution in [3.63, 3.8) is 0 Å². The van der Waals surface area contributed by atoms with Crippen LogP contribution in [-0.4, -0.2) is 47.7 Å². The van der Waals surface area contributed by atoms with Crippen molar-refractivity contribution in [3.8, 4) is 0 Å². The first-order valence-electron chi connectivity index (χ1n) is 8.39. The van der Waals surface area contributed by atoms with Crippen LogP contribution in [0.2, 0.25) is 0 Å². The average Bonchev–Trinajstić information content (AvgIpc) is 2.37. The van der Waals surface area contributed by atoms with Crippen LogP contribution < -0.4 is 11.1 Å². The van der Waals surface area contributed by atoms with Gasteiger partial charge in [-0.2, -0.15) is 0 Å². The molecule has 1 heterocycles. The molecule has 134 valence electrons. The number of hydrogen-bond donors (Lipinski definition) is 2. The van der Waals surface area contributed by atoms with Crippen molar-refractivity contribution >= 4 is 12.0 Å². The number of piperidine rings is 1. The lowest BCUT2D eigenvalue weighted by Crippen LogP contribution is -2.61. The van der Waals surface area contributed by atoms with Crippen molar-refractivity contribution < 1.29 is 14.3 Å². The van der Waals surface area contributed by atoms with E-state index in [1.54, 1.807) is 20.8 Å². The first-order valence-corrected chi connectivity index (χ1v) is 8.39. The molecule has 0 radical (unpaired) electrons. The summed E-state index contributed by atoms with van der Waals surface area (Å²) in [5.74, 6) is -0.397. The standard InChI is InChI=1S/C17H33N3O3/c1-11(2)13(18)14(21)20(15(22)23-16(3,4)5)12-8-9-19-10-17(12,6)7/h11-13,19H,8-10,18H2,1-7H3/t12?,13-/m0/s1. The zero-order valence-corrected chi connectivity index (χ0v) is 15.6. The molecular weight excluding hydrogens is 294 g/mol. The van der Waals surface area contributed by atoms with Gasteiger partial charge in [0.2, 0.25) is 5.91 Å². The molecule has 3 N–H and O–H groups in total. The minimum atomic E-state index is -0.715. The zero-order valence-electron chi connectivity index (χ0n) is 15.6. The summed E-state index contributed by atoms with van der Waals surface area (Å²) >= 11 is 0. The van der Waals surface area contributed by atoms with E-state index in [9.17, 15) is 9.59 Å². The highest BCUT2D eigenvalue weighted by molar-refractivity contribution is 5.95. The Labute approximate surface area is 140 Å². The third kappa shape index (κ3) is 5.18. The lowest BCUT2D eigenvalue weighted by molar-refractivity contribution is -0.138. The minimum Gasteiger partial charge on any atom is -0.443 e. The van der Waals surface area contributed by atoms with E-state index in [1.807, 2.05) is 13.8 Å². The van der Waals surface area contributed by atoms with Crippen LogP contribution in [0.5, 0.6) is 0 Å². The van der Waals surface area contributed by atoms with Gasteiger partial charge in [-0.25, -0.2) is 9.69 Å². The molecule has 6 nitrogen and oxygen atoms in total. The molecule has 0 spiro atoms. The summed E-state index contributed by atoms with van der Waals surface area (Å²) in [5, 5.41) is 3.32. The van der Waals surface area contributed by atoms with E-state index in [2.05, 4.69) is 19.2 Å². The summed E-state index contributed by atoms with van der Waals surface area (Å²) in [6.07, 6.45) is 0.0987. The Kier molecular flexibility index (Phi) is 6.21. The first-order chi connectivity index (χ1) is 10.4. The summed E-state index contributed by atoms with van der Waals surface area (Å²) in [6.45, 7) is 14.7. The number of nitrogens with one attached hydrogen (secondary N) is 1. The normalized spacial score (nSPS) is 22.6. The molecule has 1 fully saturated rings. The Balaban J connectivity index is 3.15. The first kappa shape index (κ1) is 19.9. The van der Waals surface area contributed by atoms with E-state index in [-0.39, 0.29) is 23.3 Å². The van der Waals surface area contributed by atoms with Gasteiger partial charge >= 0.3 is 6.09 Å². The Morgan fingerprint density at radius 3 is 2.30 bits per heavy atom. The lowest BCUT2D eigenvalue weighted by Gasteiger charge is -2.45. The Morgan fingerprint density at radius 1 is 1.30 bits per heavy atom. The maximum atomic E-state index is 12.9. The summed E-state index contributed by atoms with van der Waals surface area (Å²) < 4.78 is 5.49. The molecule has 0 aliphatic carbocycles. The molecule has 0 aromatic rings. The third-order valence-corrected chi connectivity index (χ3v) is 4.22. The Hall–Kier alpha value is -1.14. The number of hydrogen-bond acceptors (Lipinski definition) is 5. The van der Waals surface area contributed by atoms with Gasteiger partial charge in [0.15, 0.2) is 0 Å². The highest BCUT2D eigenvalue weighted by atomic mass is 16.6. The van der Waals surface area contributed by atoms with Crippen molar-refractivity contribution in [1.29, 1.82) is 0 Å². The highest BCUT2D eigenvalue weighted by Crippen LogP contribution is 2.31. The van der Waals surface area contributed by atoms with Crippen molar-refractivity contribution in [1.82, 2.24) is 10.2 Å². The van der Waals surface area contributed by atoms with Crippen molar-refractivity contribution in [3.05, 3.63) is 0 Å². The highest BCUT2D eigenvalue weighted by Gasteiger charge is 2.44. The van der Waals surface area contributed by atoms with Crippen LogP contribution in [0.4, 0.5) is 4.79 Å². The molecular formula is C17H33N3O3. The number of carbonyl (C=O) groups is 2. The Morgan fingerprint density at radius 2 is 1.87 bits per heavy atom. The zero-order chi connectivity index (χ0) is 18.0. The quantitative estimate of drug-likeness (QED) is 0.829. The van der Waals surface area contributed by atoms with E-state index in [4.69, 9.17) is 10.5 Å². The largest absolute Gasteiger partial charge is 0.443 e. The molecule has 1 unspecified atom stereocenters. The molecule has 0 aromatic carbocycles. The molecule has 2 atom stereocenters. The smallest absolute Gasteiger partial charge is 0.417 e. The molecule has 2 amide bonds. The van der Waals surface area contributed by atoms with E-state index in [0.29, 0.717) is 6.42 Å². The van der Waals surface area contributed by atoms with Crippen LogP contribution in [0.1, 0.15) is 54.9 Å². The predicted molar refractivity (Wildman–Crippen MR) is 90.9 cm³/mol. The van der Waals surface area contributed by atoms with Gasteiger partial charge < -0.3 is 15.8 Å². The van der Waals surface area contributed by atoms with Gasteiger partial charge in [-0.1, -0.05) is 27.7 Å². The number of imide groups is 1. The number of carbonyl (C=O) groups excluding carboxylic acids is 2. The van der Waals surface area contributed by atoms with Crippen LogP contribution in [0.3, 0.4) is 0 Å². The Bertz CT molecular complexity index is 441. The molecule has 6 heteroatoms. The fourth-order valence-corrected chi connectivity index (χ4v) is 2.76. The van der Waals surface area contributed by atoms with Crippen molar-refractivity contribution in [2.24, 2.45) is 17.1 Å². The van der Waals surface area contributed by atoms with E-state index in [1.165, 1.54) is 4.90 Å². The second-order valence-corrected chi connectivity index (χ2v) is 8.43. The van der Waals surface area contributed by atoms with Gasteiger partial charge in [-0.15, -0.1) is 0 Å². The van der Waals surface area contributed by atoms with Gasteiger partial charge in [0, 0.05) is 6.54 Å². The van der Waals surface area contributed by atoms with E-state index in [0.717, 1.165) is 13.1 Å². The molecule has 1 saturated heterocycles. The van der Waals surface area contributed by atoms with Crippen LogP contribution in [-0.2, 0) is 9.53 Å². The molecule has 1 aliphatic heterocycles. The number of nitrogens with two attached hydrogens (primary N) is 1. The van der Waals surface area contributed by atoms with E-state index >= 15 is 0 Å². The maximum Gasteiger partial charge on any atom is 0.417 e. The molecule has 1 rings (SSSR count). The second kappa shape index (κ2) is 7.18. The predicted octanol–water partition coefficient (Wildman–Crippen LogP) is 2.12. The molecule has 1 aliphatic rings. The molecule has 0 bridgehead atoms. The number of rotatable bonds is 3. The van der Waals surface area contributed by atoms with Crippen molar-refractivity contribution in [2.45, 2.75) is 72.6 Å².